The number of nitrogens with zero attached hydrogens (tertiary/aromatic N) is 3. The molecule has 5 heteroatoms. The first kappa shape index (κ1) is 38.1. The fraction of sp³-hybridized carbons (Fsp3) is 0.163. The smallest absolute Gasteiger partial charge is 0.130 e. The third-order valence-electron chi connectivity index (χ3n) is 9.51. The Morgan fingerprint density at radius 3 is 1.87 bits per heavy atom. The SMILES string of the molecule is CC(C)(C)c1c[c-]c(-c2ccc(C(C)(C)C)cn2)cc1.N#Cc1ccc2c(oc3c(-c4ccccn4)[c-]ccc32)c1-c1ccc(-c2ccccc2)cc1.[Ir]. The minimum atomic E-state index is 0. The number of rotatable bonds is 4. The number of fused-ring (bicyclic) bond motifs is 3. The molecule has 3 aromatic heterocycles. The first-order valence-corrected chi connectivity index (χ1v) is 17.9. The Morgan fingerprint density at radius 2 is 1.26 bits per heavy atom. The van der Waals surface area contributed by atoms with Gasteiger partial charge in [-0.3, -0.25) is 0 Å². The van der Waals surface area contributed by atoms with Crippen molar-refractivity contribution in [3.8, 4) is 50.8 Å². The Hall–Kier alpha value is -5.66. The van der Waals surface area contributed by atoms with Crippen LogP contribution in [0.5, 0.6) is 0 Å². The minimum Gasteiger partial charge on any atom is -0.500 e. The van der Waals surface area contributed by atoms with Crippen molar-refractivity contribution in [1.29, 1.82) is 5.26 Å². The Balaban J connectivity index is 0.000000205. The normalized spacial score (nSPS) is 11.4. The monoisotopic (exact) mass is 880 g/mol. The number of aromatic nitrogens is 2. The third kappa shape index (κ3) is 7.97. The van der Waals surface area contributed by atoms with Gasteiger partial charge >= 0.3 is 0 Å². The van der Waals surface area contributed by atoms with Crippen LogP contribution in [0.3, 0.4) is 0 Å². The summed E-state index contributed by atoms with van der Waals surface area (Å²) in [7, 11) is 0. The summed E-state index contributed by atoms with van der Waals surface area (Å²) in [5.74, 6) is 0. The van der Waals surface area contributed by atoms with E-state index in [-0.39, 0.29) is 30.9 Å². The van der Waals surface area contributed by atoms with Gasteiger partial charge in [0.25, 0.3) is 0 Å². The Labute approximate surface area is 331 Å². The van der Waals surface area contributed by atoms with E-state index in [4.69, 9.17) is 4.42 Å². The molecule has 0 amide bonds. The van der Waals surface area contributed by atoms with Gasteiger partial charge in [0.1, 0.15) is 5.58 Å². The van der Waals surface area contributed by atoms with E-state index < -0.39 is 0 Å². The molecule has 5 aromatic carbocycles. The fourth-order valence-electron chi connectivity index (χ4n) is 6.39. The van der Waals surface area contributed by atoms with Gasteiger partial charge in [0.05, 0.1) is 17.2 Å². The molecule has 4 nitrogen and oxygen atoms in total. The molecule has 0 aliphatic heterocycles. The molecular weight excluding hydrogens is 839 g/mol. The largest absolute Gasteiger partial charge is 0.500 e. The van der Waals surface area contributed by atoms with Gasteiger partial charge in [-0.15, -0.1) is 53.6 Å². The molecule has 0 N–H and O–H groups in total. The van der Waals surface area contributed by atoms with Crippen LogP contribution >= 0.6 is 0 Å². The van der Waals surface area contributed by atoms with E-state index in [1.54, 1.807) is 6.20 Å². The molecule has 0 spiro atoms. The first-order chi connectivity index (χ1) is 25.5. The molecule has 3 heterocycles. The van der Waals surface area contributed by atoms with Crippen LogP contribution in [-0.4, -0.2) is 9.97 Å². The summed E-state index contributed by atoms with van der Waals surface area (Å²) >= 11 is 0. The molecular formula is C49H41IrN3O-2. The van der Waals surface area contributed by atoms with Crippen LogP contribution in [0.4, 0.5) is 0 Å². The molecule has 269 valence electrons. The molecule has 8 rings (SSSR count). The van der Waals surface area contributed by atoms with Gasteiger partial charge < -0.3 is 14.4 Å². The zero-order valence-electron chi connectivity index (χ0n) is 31.4. The van der Waals surface area contributed by atoms with Crippen LogP contribution in [0.15, 0.2) is 144 Å². The Kier molecular flexibility index (Phi) is 11.1. The second-order valence-corrected chi connectivity index (χ2v) is 15.3. The summed E-state index contributed by atoms with van der Waals surface area (Å²) in [6.07, 6.45) is 3.74. The van der Waals surface area contributed by atoms with Crippen molar-refractivity contribution in [1.82, 2.24) is 9.97 Å². The summed E-state index contributed by atoms with van der Waals surface area (Å²) in [5.41, 5.74) is 12.6. The molecule has 0 saturated heterocycles. The molecule has 0 saturated carbocycles. The zero-order valence-corrected chi connectivity index (χ0v) is 33.8. The number of hydrogen-bond acceptors (Lipinski definition) is 4. The van der Waals surface area contributed by atoms with Crippen molar-refractivity contribution in [3.63, 3.8) is 0 Å². The van der Waals surface area contributed by atoms with Crippen LogP contribution in [0.2, 0.25) is 0 Å². The van der Waals surface area contributed by atoms with Crippen molar-refractivity contribution in [2.75, 3.05) is 0 Å². The predicted molar refractivity (Wildman–Crippen MR) is 217 cm³/mol. The van der Waals surface area contributed by atoms with E-state index in [1.165, 1.54) is 11.1 Å². The first-order valence-electron chi connectivity index (χ1n) is 17.9. The standard InChI is InChI=1S/C30H17N2O.C19H24N.Ir/c31-19-23-16-17-25-24-9-6-10-26(27-11-4-5-18-32-27)29(24)33-30(25)28(23)22-14-12-21(13-15-22)20-7-2-1-3-8-20;1-18(2,3)15-9-7-14(8-10-15)17-12-11-16(13-20-17)19(4,5)6;/h1-9,11-18H;7,9-13H,1-6H3;/q2*-1;. The van der Waals surface area contributed by atoms with E-state index >= 15 is 0 Å². The molecule has 8 aromatic rings. The number of hydrogen-bond donors (Lipinski definition) is 0. The average Bonchev–Trinajstić information content (AvgIpc) is 3.57. The Bertz CT molecular complexity index is 2480. The molecule has 1 radical (unpaired) electrons. The summed E-state index contributed by atoms with van der Waals surface area (Å²) in [4.78, 5) is 9.05. The maximum atomic E-state index is 9.87. The van der Waals surface area contributed by atoms with Crippen molar-refractivity contribution < 1.29 is 24.5 Å². The van der Waals surface area contributed by atoms with Crippen LogP contribution < -0.4 is 0 Å². The second kappa shape index (κ2) is 15.7. The maximum absolute atomic E-state index is 9.87. The van der Waals surface area contributed by atoms with Crippen LogP contribution in [0.1, 0.15) is 58.2 Å². The van der Waals surface area contributed by atoms with Crippen LogP contribution in [0, 0.1) is 23.5 Å². The van der Waals surface area contributed by atoms with Crippen molar-refractivity contribution >= 4 is 21.9 Å². The van der Waals surface area contributed by atoms with Crippen molar-refractivity contribution in [2.45, 2.75) is 52.4 Å². The fourth-order valence-corrected chi connectivity index (χ4v) is 6.39. The maximum Gasteiger partial charge on any atom is 0.130 e. The molecule has 0 unspecified atom stereocenters. The van der Waals surface area contributed by atoms with Gasteiger partial charge in [-0.05, 0) is 56.6 Å². The van der Waals surface area contributed by atoms with Gasteiger partial charge in [0.15, 0.2) is 0 Å². The quantitative estimate of drug-likeness (QED) is 0.165. The third-order valence-corrected chi connectivity index (χ3v) is 9.51. The van der Waals surface area contributed by atoms with Gasteiger partial charge in [-0.1, -0.05) is 137 Å². The summed E-state index contributed by atoms with van der Waals surface area (Å²) in [5, 5.41) is 11.8. The number of benzene rings is 5. The van der Waals surface area contributed by atoms with Crippen molar-refractivity contribution in [3.05, 3.63) is 169 Å². The summed E-state index contributed by atoms with van der Waals surface area (Å²) < 4.78 is 6.46. The van der Waals surface area contributed by atoms with Crippen LogP contribution in [-0.2, 0) is 30.9 Å². The van der Waals surface area contributed by atoms with E-state index in [2.05, 4.69) is 136 Å². The second-order valence-electron chi connectivity index (χ2n) is 15.3. The molecule has 0 aliphatic carbocycles. The molecule has 54 heavy (non-hydrogen) atoms. The van der Waals surface area contributed by atoms with E-state index in [0.717, 1.165) is 61.1 Å². The summed E-state index contributed by atoms with van der Waals surface area (Å²) in [6, 6.07) is 51.6. The van der Waals surface area contributed by atoms with E-state index in [1.807, 2.05) is 66.9 Å². The molecule has 0 bridgehead atoms. The molecule has 0 aliphatic rings. The average molecular weight is 880 g/mol. The minimum absolute atomic E-state index is 0. The Morgan fingerprint density at radius 1 is 0.593 bits per heavy atom. The molecule has 0 atom stereocenters. The van der Waals surface area contributed by atoms with E-state index in [9.17, 15) is 5.26 Å². The molecule has 0 fully saturated rings. The predicted octanol–water partition coefficient (Wildman–Crippen LogP) is 12.8. The van der Waals surface area contributed by atoms with Gasteiger partial charge in [0.2, 0.25) is 0 Å². The van der Waals surface area contributed by atoms with Gasteiger partial charge in [0, 0.05) is 43.4 Å². The zero-order chi connectivity index (χ0) is 37.2. The van der Waals surface area contributed by atoms with Crippen molar-refractivity contribution in [2.24, 2.45) is 0 Å². The topological polar surface area (TPSA) is 62.7 Å². The van der Waals surface area contributed by atoms with Crippen LogP contribution in [0.25, 0.3) is 66.7 Å². The van der Waals surface area contributed by atoms with E-state index in [0.29, 0.717) is 11.1 Å². The summed E-state index contributed by atoms with van der Waals surface area (Å²) in [6.45, 7) is 13.3. The number of pyridine rings is 2. The number of nitriles is 1. The van der Waals surface area contributed by atoms with Gasteiger partial charge in [-0.2, -0.15) is 5.26 Å². The number of furan rings is 1. The van der Waals surface area contributed by atoms with Gasteiger partial charge in [-0.25, -0.2) is 0 Å².